The molecule has 140 valence electrons. The highest BCUT2D eigenvalue weighted by molar-refractivity contribution is 5.77. The standard InChI is InChI=1S/C18H20F3N3O2/c19-18(20,21)26-16-8-6-14(7-9-16)11-23-17(22)24-12-15(25)10-13-4-2-1-3-5-13/h1-9,15,25H,10-12H2,(H3,22,23,24). The molecular formula is C18H20F3N3O2. The van der Waals surface area contributed by atoms with Gasteiger partial charge < -0.3 is 20.9 Å². The smallest absolute Gasteiger partial charge is 0.406 e. The molecular weight excluding hydrogens is 347 g/mol. The molecule has 0 aliphatic carbocycles. The topological polar surface area (TPSA) is 79.9 Å². The van der Waals surface area contributed by atoms with Gasteiger partial charge in [-0.05, 0) is 23.3 Å². The third-order valence-electron chi connectivity index (χ3n) is 3.42. The quantitative estimate of drug-likeness (QED) is 0.519. The second kappa shape index (κ2) is 9.10. The molecule has 1 unspecified atom stereocenters. The van der Waals surface area contributed by atoms with Crippen LogP contribution >= 0.6 is 0 Å². The average molecular weight is 367 g/mol. The molecule has 2 aromatic rings. The van der Waals surface area contributed by atoms with Gasteiger partial charge in [0.2, 0.25) is 0 Å². The van der Waals surface area contributed by atoms with E-state index in [1.807, 2.05) is 30.3 Å². The molecule has 0 saturated carbocycles. The number of hydrogen-bond acceptors (Lipinski definition) is 3. The van der Waals surface area contributed by atoms with Crippen LogP contribution in [0.15, 0.2) is 59.6 Å². The Morgan fingerprint density at radius 3 is 2.35 bits per heavy atom. The van der Waals surface area contributed by atoms with Gasteiger partial charge in [-0.1, -0.05) is 42.5 Å². The van der Waals surface area contributed by atoms with Crippen molar-refractivity contribution in [3.05, 3.63) is 65.7 Å². The summed E-state index contributed by atoms with van der Waals surface area (Å²) < 4.78 is 40.1. The summed E-state index contributed by atoms with van der Waals surface area (Å²) in [6, 6.07) is 14.9. The van der Waals surface area contributed by atoms with E-state index in [1.54, 1.807) is 0 Å². The Labute approximate surface area is 149 Å². The number of guanidine groups is 1. The fourth-order valence-corrected chi connectivity index (χ4v) is 2.21. The Kier molecular flexibility index (Phi) is 6.85. The molecule has 5 nitrogen and oxygen atoms in total. The average Bonchev–Trinajstić information content (AvgIpc) is 2.59. The summed E-state index contributed by atoms with van der Waals surface area (Å²) in [6.45, 7) is 0.433. The number of nitrogens with one attached hydrogen (secondary N) is 1. The Bertz CT molecular complexity index is 704. The van der Waals surface area contributed by atoms with Crippen LogP contribution in [-0.4, -0.2) is 30.1 Å². The van der Waals surface area contributed by atoms with Crippen molar-refractivity contribution in [1.29, 1.82) is 0 Å². The Morgan fingerprint density at radius 2 is 1.73 bits per heavy atom. The fourth-order valence-electron chi connectivity index (χ4n) is 2.21. The molecule has 0 saturated heterocycles. The maximum atomic E-state index is 12.1. The van der Waals surface area contributed by atoms with E-state index in [4.69, 9.17) is 5.73 Å². The molecule has 0 amide bonds. The maximum absolute atomic E-state index is 12.1. The Hall–Kier alpha value is -2.74. The minimum absolute atomic E-state index is 0.146. The molecule has 0 radical (unpaired) electrons. The first-order chi connectivity index (χ1) is 12.3. The third kappa shape index (κ3) is 7.43. The summed E-state index contributed by atoms with van der Waals surface area (Å²) in [4.78, 5) is 4.09. The lowest BCUT2D eigenvalue weighted by Gasteiger charge is -2.12. The minimum atomic E-state index is -4.71. The highest BCUT2D eigenvalue weighted by Gasteiger charge is 2.30. The van der Waals surface area contributed by atoms with Crippen LogP contribution in [0, 0.1) is 0 Å². The number of ether oxygens (including phenoxy) is 1. The number of hydrogen-bond donors (Lipinski definition) is 3. The summed E-state index contributed by atoms with van der Waals surface area (Å²) in [5, 5.41) is 12.8. The molecule has 0 spiro atoms. The summed E-state index contributed by atoms with van der Waals surface area (Å²) >= 11 is 0. The van der Waals surface area contributed by atoms with Crippen molar-refractivity contribution in [3.63, 3.8) is 0 Å². The normalized spacial score (nSPS) is 13.3. The largest absolute Gasteiger partial charge is 0.573 e. The van der Waals surface area contributed by atoms with Gasteiger partial charge in [0.25, 0.3) is 0 Å². The second-order valence-corrected chi connectivity index (χ2v) is 5.62. The van der Waals surface area contributed by atoms with Crippen LogP contribution < -0.4 is 15.8 Å². The number of rotatable bonds is 7. The van der Waals surface area contributed by atoms with Crippen LogP contribution in [0.4, 0.5) is 13.2 Å². The number of nitrogens with two attached hydrogens (primary N) is 1. The number of aliphatic hydroxyl groups excluding tert-OH is 1. The first-order valence-corrected chi connectivity index (χ1v) is 7.92. The maximum Gasteiger partial charge on any atom is 0.573 e. The van der Waals surface area contributed by atoms with Crippen LogP contribution in [0.25, 0.3) is 0 Å². The Morgan fingerprint density at radius 1 is 1.08 bits per heavy atom. The predicted octanol–water partition coefficient (Wildman–Crippen LogP) is 2.59. The number of benzene rings is 2. The lowest BCUT2D eigenvalue weighted by atomic mass is 10.1. The van der Waals surface area contributed by atoms with Gasteiger partial charge in [-0.2, -0.15) is 0 Å². The molecule has 4 N–H and O–H groups in total. The van der Waals surface area contributed by atoms with Crippen LogP contribution in [0.5, 0.6) is 5.75 Å². The molecule has 1 atom stereocenters. The molecule has 0 heterocycles. The first kappa shape index (κ1) is 19.6. The van der Waals surface area contributed by atoms with E-state index in [0.29, 0.717) is 12.0 Å². The third-order valence-corrected chi connectivity index (χ3v) is 3.42. The van der Waals surface area contributed by atoms with E-state index in [1.165, 1.54) is 24.3 Å². The van der Waals surface area contributed by atoms with Crippen molar-refractivity contribution in [1.82, 2.24) is 5.32 Å². The molecule has 0 aliphatic heterocycles. The van der Waals surface area contributed by atoms with Gasteiger partial charge in [0.15, 0.2) is 5.96 Å². The molecule has 2 aromatic carbocycles. The second-order valence-electron chi connectivity index (χ2n) is 5.62. The fraction of sp³-hybridized carbons (Fsp3) is 0.278. The summed E-state index contributed by atoms with van der Waals surface area (Å²) in [5.41, 5.74) is 7.42. The first-order valence-electron chi connectivity index (χ1n) is 7.92. The van der Waals surface area contributed by atoms with Gasteiger partial charge in [-0.3, -0.25) is 0 Å². The molecule has 0 bridgehead atoms. The number of halogens is 3. The summed E-state index contributed by atoms with van der Waals surface area (Å²) in [5.74, 6) is -0.145. The van der Waals surface area contributed by atoms with Crippen molar-refractivity contribution in [2.24, 2.45) is 10.7 Å². The van der Waals surface area contributed by atoms with Gasteiger partial charge in [-0.25, -0.2) is 4.99 Å². The van der Waals surface area contributed by atoms with Gasteiger partial charge in [-0.15, -0.1) is 13.2 Å². The monoisotopic (exact) mass is 367 g/mol. The zero-order valence-electron chi connectivity index (χ0n) is 13.9. The number of aliphatic hydroxyl groups is 1. The lowest BCUT2D eigenvalue weighted by Crippen LogP contribution is -2.38. The molecule has 0 aliphatic rings. The highest BCUT2D eigenvalue weighted by atomic mass is 19.4. The van der Waals surface area contributed by atoms with Crippen LogP contribution in [0.3, 0.4) is 0 Å². The van der Waals surface area contributed by atoms with Crippen molar-refractivity contribution >= 4 is 5.96 Å². The van der Waals surface area contributed by atoms with Crippen molar-refractivity contribution in [2.45, 2.75) is 25.4 Å². The molecule has 2 rings (SSSR count). The molecule has 0 aromatic heterocycles. The van der Waals surface area contributed by atoms with E-state index in [9.17, 15) is 18.3 Å². The highest BCUT2D eigenvalue weighted by Crippen LogP contribution is 2.22. The van der Waals surface area contributed by atoms with Crippen LogP contribution in [0.1, 0.15) is 11.1 Å². The SMILES string of the molecule is NC(=NCc1ccc(OC(F)(F)F)cc1)NCC(O)Cc1ccccc1. The van der Waals surface area contributed by atoms with E-state index in [-0.39, 0.29) is 24.8 Å². The van der Waals surface area contributed by atoms with Crippen molar-refractivity contribution in [2.75, 3.05) is 6.54 Å². The molecule has 8 heteroatoms. The van der Waals surface area contributed by atoms with E-state index < -0.39 is 12.5 Å². The van der Waals surface area contributed by atoms with E-state index >= 15 is 0 Å². The van der Waals surface area contributed by atoms with Crippen LogP contribution in [-0.2, 0) is 13.0 Å². The number of alkyl halides is 3. The van der Waals surface area contributed by atoms with Gasteiger partial charge in [0.05, 0.1) is 12.6 Å². The van der Waals surface area contributed by atoms with Gasteiger partial charge >= 0.3 is 6.36 Å². The Balaban J connectivity index is 1.77. The van der Waals surface area contributed by atoms with Crippen LogP contribution in [0.2, 0.25) is 0 Å². The van der Waals surface area contributed by atoms with Gasteiger partial charge in [0, 0.05) is 13.0 Å². The van der Waals surface area contributed by atoms with E-state index in [2.05, 4.69) is 15.0 Å². The molecule has 0 fully saturated rings. The number of aliphatic imine (C=N–C) groups is 1. The van der Waals surface area contributed by atoms with E-state index in [0.717, 1.165) is 5.56 Å². The minimum Gasteiger partial charge on any atom is -0.406 e. The predicted molar refractivity (Wildman–Crippen MR) is 92.6 cm³/mol. The zero-order valence-corrected chi connectivity index (χ0v) is 13.9. The number of nitrogens with zero attached hydrogens (tertiary/aromatic N) is 1. The van der Waals surface area contributed by atoms with Crippen molar-refractivity contribution < 1.29 is 23.0 Å². The summed E-state index contributed by atoms with van der Waals surface area (Å²) in [7, 11) is 0. The lowest BCUT2D eigenvalue weighted by molar-refractivity contribution is -0.274. The summed E-state index contributed by atoms with van der Waals surface area (Å²) in [6.07, 6.45) is -4.85. The van der Waals surface area contributed by atoms with Crippen molar-refractivity contribution in [3.8, 4) is 5.75 Å². The molecule has 26 heavy (non-hydrogen) atoms. The zero-order chi connectivity index (χ0) is 19.0. The van der Waals surface area contributed by atoms with Gasteiger partial charge in [0.1, 0.15) is 5.75 Å².